The largest absolute Gasteiger partial charge is 0.348 e. The van der Waals surface area contributed by atoms with Crippen molar-refractivity contribution in [3.63, 3.8) is 0 Å². The van der Waals surface area contributed by atoms with Crippen molar-refractivity contribution in [2.45, 2.75) is 38.2 Å². The van der Waals surface area contributed by atoms with Crippen molar-refractivity contribution >= 4 is 0 Å². The topological polar surface area (TPSA) is 30.5 Å². The Kier molecular flexibility index (Phi) is 6.66. The van der Waals surface area contributed by atoms with Gasteiger partial charge in [0.2, 0.25) is 0 Å². The van der Waals surface area contributed by atoms with Crippen LogP contribution in [0.1, 0.15) is 33.5 Å². The fraction of sp³-hybridized carbons (Fsp3) is 0.818. The molecule has 0 amide bonds. The van der Waals surface area contributed by atoms with Gasteiger partial charge < -0.3 is 9.47 Å². The molecule has 0 aromatic heterocycles. The molecule has 1 rings (SSSR count). The minimum atomic E-state index is 0. The highest BCUT2D eigenvalue weighted by Crippen LogP contribution is 2.13. The van der Waals surface area contributed by atoms with Crippen molar-refractivity contribution in [1.29, 1.82) is 0 Å². The summed E-state index contributed by atoms with van der Waals surface area (Å²) in [5.41, 5.74) is 0. The molecule has 1 aliphatic carbocycles. The highest BCUT2D eigenvalue weighted by Gasteiger charge is 2.06. The molecule has 0 bridgehead atoms. The maximum Gasteiger partial charge on any atom is 0.149 e. The number of nitrogens with one attached hydrogen (secondary N) is 1. The third-order valence-corrected chi connectivity index (χ3v) is 2.32. The predicted molar refractivity (Wildman–Crippen MR) is 59.1 cm³/mol. The van der Waals surface area contributed by atoms with Crippen LogP contribution in [0.3, 0.4) is 0 Å². The maximum absolute atomic E-state index is 5.57. The molecule has 0 fully saturated rings. The molecule has 84 valence electrons. The minimum Gasteiger partial charge on any atom is -0.348 e. The summed E-state index contributed by atoms with van der Waals surface area (Å²) in [6, 6.07) is 0. The lowest BCUT2D eigenvalue weighted by atomic mass is 10.0. The summed E-state index contributed by atoms with van der Waals surface area (Å²) in [5, 5.41) is 2.91. The molecule has 0 saturated carbocycles. The first kappa shape index (κ1) is 11.7. The van der Waals surface area contributed by atoms with Crippen LogP contribution in [0, 0.1) is 0 Å². The van der Waals surface area contributed by atoms with Crippen LogP contribution in [-0.2, 0) is 9.47 Å². The Morgan fingerprint density at radius 1 is 1.43 bits per heavy atom. The molecule has 0 saturated heterocycles. The highest BCUT2D eigenvalue weighted by molar-refractivity contribution is 4.90. The molecule has 0 heterocycles. The van der Waals surface area contributed by atoms with E-state index >= 15 is 0 Å². The number of allylic oxidation sites excluding steroid dienone is 1. The zero-order valence-electron chi connectivity index (χ0n) is 9.00. The van der Waals surface area contributed by atoms with E-state index < -0.39 is 0 Å². The van der Waals surface area contributed by atoms with E-state index in [1.807, 2.05) is 7.05 Å². The lowest BCUT2D eigenvalue weighted by Crippen LogP contribution is -2.18. The quantitative estimate of drug-likeness (QED) is 0.420. The molecule has 0 spiro atoms. The molecule has 3 heteroatoms. The summed E-state index contributed by atoms with van der Waals surface area (Å²) in [6.07, 6.45) is 10.9. The van der Waals surface area contributed by atoms with Crippen molar-refractivity contribution in [1.82, 2.24) is 5.32 Å². The van der Waals surface area contributed by atoms with E-state index in [1.54, 1.807) is 0 Å². The Morgan fingerprint density at radius 3 is 3.21 bits per heavy atom. The molecule has 0 radical (unpaired) electrons. The second-order valence-electron chi connectivity index (χ2n) is 3.59. The lowest BCUT2D eigenvalue weighted by Gasteiger charge is -2.15. The van der Waals surface area contributed by atoms with E-state index in [4.69, 9.17) is 9.47 Å². The van der Waals surface area contributed by atoms with E-state index in [0.717, 1.165) is 6.42 Å². The molecule has 1 N–H and O–H groups in total. The van der Waals surface area contributed by atoms with Crippen molar-refractivity contribution in [2.75, 3.05) is 20.6 Å². The average Bonchev–Trinajstić information content (AvgIpc) is 2.15. The maximum atomic E-state index is 5.57. The SMILES string of the molecule is CNCOCOC1/C=C/CCCCC1.[HH]. The van der Waals surface area contributed by atoms with Crippen LogP contribution >= 0.6 is 0 Å². The van der Waals surface area contributed by atoms with Crippen LogP contribution in [0.25, 0.3) is 0 Å². The number of ether oxygens (including phenoxy) is 2. The van der Waals surface area contributed by atoms with Gasteiger partial charge in [-0.05, 0) is 26.3 Å². The van der Waals surface area contributed by atoms with Crippen LogP contribution < -0.4 is 5.32 Å². The third-order valence-electron chi connectivity index (χ3n) is 2.32. The predicted octanol–water partition coefficient (Wildman–Crippen LogP) is 2.29. The van der Waals surface area contributed by atoms with Crippen LogP contribution in [-0.4, -0.2) is 26.7 Å². The zero-order chi connectivity index (χ0) is 10.1. The van der Waals surface area contributed by atoms with Crippen molar-refractivity contribution in [2.24, 2.45) is 0 Å². The molecule has 0 aromatic rings. The van der Waals surface area contributed by atoms with Gasteiger partial charge in [-0.2, -0.15) is 0 Å². The first-order chi connectivity index (χ1) is 6.93. The zero-order valence-corrected chi connectivity index (χ0v) is 9.00. The fourth-order valence-corrected chi connectivity index (χ4v) is 1.55. The van der Waals surface area contributed by atoms with Gasteiger partial charge in [0.15, 0.2) is 0 Å². The van der Waals surface area contributed by atoms with Gasteiger partial charge in [0.25, 0.3) is 0 Å². The van der Waals surface area contributed by atoms with Gasteiger partial charge in [0.05, 0.1) is 12.8 Å². The summed E-state index contributed by atoms with van der Waals surface area (Å²) in [5.74, 6) is 0. The van der Waals surface area contributed by atoms with E-state index in [0.29, 0.717) is 13.5 Å². The Labute approximate surface area is 88.0 Å². The van der Waals surface area contributed by atoms with Gasteiger partial charge in [-0.3, -0.25) is 5.32 Å². The van der Waals surface area contributed by atoms with Gasteiger partial charge in [-0.25, -0.2) is 0 Å². The Balaban J connectivity index is 0.00000196. The molecule has 0 aromatic carbocycles. The Hall–Kier alpha value is -0.380. The van der Waals surface area contributed by atoms with Crippen molar-refractivity contribution in [3.8, 4) is 0 Å². The summed E-state index contributed by atoms with van der Waals surface area (Å²) < 4.78 is 10.8. The van der Waals surface area contributed by atoms with E-state index in [1.165, 1.54) is 25.7 Å². The summed E-state index contributed by atoms with van der Waals surface area (Å²) >= 11 is 0. The minimum absolute atomic E-state index is 0. The summed E-state index contributed by atoms with van der Waals surface area (Å²) in [4.78, 5) is 0. The first-order valence-electron chi connectivity index (χ1n) is 5.44. The molecule has 1 unspecified atom stereocenters. The third kappa shape index (κ3) is 5.37. The van der Waals surface area contributed by atoms with Gasteiger partial charge in [-0.1, -0.05) is 25.0 Å². The van der Waals surface area contributed by atoms with E-state index in [-0.39, 0.29) is 7.53 Å². The van der Waals surface area contributed by atoms with Crippen LogP contribution in [0.15, 0.2) is 12.2 Å². The van der Waals surface area contributed by atoms with Crippen molar-refractivity contribution < 1.29 is 10.9 Å². The van der Waals surface area contributed by atoms with Gasteiger partial charge in [-0.15, -0.1) is 0 Å². The lowest BCUT2D eigenvalue weighted by molar-refractivity contribution is -0.0814. The van der Waals surface area contributed by atoms with Crippen LogP contribution in [0.2, 0.25) is 0 Å². The molecular formula is C11H23NO2. The standard InChI is InChI=1S/C11H21NO2.H2/c1-12-9-13-10-14-11-7-5-3-2-4-6-8-11;/h5,7,11-12H,2-4,6,8-10H2,1H3;1H/b7-5+;. The Bertz CT molecular complexity index is 165. The molecular weight excluding hydrogens is 178 g/mol. The fourth-order valence-electron chi connectivity index (χ4n) is 1.55. The van der Waals surface area contributed by atoms with E-state index in [2.05, 4.69) is 17.5 Å². The normalized spacial score (nSPS) is 25.4. The number of hydrogen-bond acceptors (Lipinski definition) is 3. The second-order valence-corrected chi connectivity index (χ2v) is 3.59. The number of rotatable bonds is 5. The van der Waals surface area contributed by atoms with Gasteiger partial charge in [0.1, 0.15) is 6.79 Å². The molecule has 14 heavy (non-hydrogen) atoms. The summed E-state index contributed by atoms with van der Waals surface area (Å²) in [6.45, 7) is 0.937. The monoisotopic (exact) mass is 201 g/mol. The van der Waals surface area contributed by atoms with Crippen LogP contribution in [0.5, 0.6) is 0 Å². The second kappa shape index (κ2) is 7.97. The molecule has 0 aliphatic heterocycles. The molecule has 1 aliphatic rings. The van der Waals surface area contributed by atoms with Gasteiger partial charge in [0, 0.05) is 1.43 Å². The molecule has 3 nitrogen and oxygen atoms in total. The molecule has 1 atom stereocenters. The first-order valence-corrected chi connectivity index (χ1v) is 5.44. The van der Waals surface area contributed by atoms with Crippen molar-refractivity contribution in [3.05, 3.63) is 12.2 Å². The van der Waals surface area contributed by atoms with Gasteiger partial charge >= 0.3 is 0 Å². The van der Waals surface area contributed by atoms with E-state index in [9.17, 15) is 0 Å². The highest BCUT2D eigenvalue weighted by atomic mass is 16.7. The van der Waals surface area contributed by atoms with Crippen LogP contribution in [0.4, 0.5) is 0 Å². The average molecular weight is 201 g/mol. The number of hydrogen-bond donors (Lipinski definition) is 1. The smallest absolute Gasteiger partial charge is 0.149 e. The summed E-state index contributed by atoms with van der Waals surface area (Å²) in [7, 11) is 1.86. The Morgan fingerprint density at radius 2 is 2.36 bits per heavy atom.